The van der Waals surface area contributed by atoms with Gasteiger partial charge in [-0.2, -0.15) is 0 Å². The van der Waals surface area contributed by atoms with Crippen LogP contribution in [0.4, 0.5) is 0 Å². The minimum Gasteiger partial charge on any atom is -0.0531 e. The van der Waals surface area contributed by atoms with Crippen molar-refractivity contribution in [2.75, 3.05) is 0 Å². The van der Waals surface area contributed by atoms with Crippen LogP contribution in [0.25, 0.3) is 32.3 Å². The van der Waals surface area contributed by atoms with Gasteiger partial charge in [-0.3, -0.25) is 0 Å². The SMILES string of the molecule is c1cc2c1c1ccc1c1ccc21. The molecule has 4 rings (SSSR count). The molecular formula is C12H6. The van der Waals surface area contributed by atoms with Gasteiger partial charge in [0.15, 0.2) is 0 Å². The van der Waals surface area contributed by atoms with E-state index in [0.717, 1.165) is 0 Å². The van der Waals surface area contributed by atoms with Crippen LogP contribution in [0.5, 0.6) is 0 Å². The van der Waals surface area contributed by atoms with E-state index in [1.54, 1.807) is 0 Å². The van der Waals surface area contributed by atoms with Crippen molar-refractivity contribution in [2.24, 2.45) is 0 Å². The molecule has 12 heavy (non-hydrogen) atoms. The zero-order valence-corrected chi connectivity index (χ0v) is 6.46. The van der Waals surface area contributed by atoms with E-state index in [-0.39, 0.29) is 0 Å². The molecule has 0 fully saturated rings. The van der Waals surface area contributed by atoms with Gasteiger partial charge in [-0.1, -0.05) is 36.4 Å². The van der Waals surface area contributed by atoms with Crippen LogP contribution in [0.1, 0.15) is 0 Å². The van der Waals surface area contributed by atoms with Gasteiger partial charge in [0.25, 0.3) is 0 Å². The Bertz CT molecular complexity index is 468. The lowest BCUT2D eigenvalue weighted by molar-refractivity contribution is 1.80. The predicted molar refractivity (Wildman–Crippen MR) is 52.5 cm³/mol. The fraction of sp³-hybridized carbons (Fsp3) is 0. The van der Waals surface area contributed by atoms with E-state index in [1.165, 1.54) is 32.3 Å². The van der Waals surface area contributed by atoms with Crippen molar-refractivity contribution in [3.8, 4) is 0 Å². The Morgan fingerprint density at radius 1 is 0.333 bits per heavy atom. The molecule has 4 aromatic carbocycles. The maximum atomic E-state index is 2.21. The third-order valence-electron chi connectivity index (χ3n) is 2.99. The molecule has 0 nitrogen and oxygen atoms in total. The highest BCUT2D eigenvalue weighted by atomic mass is 14.2. The van der Waals surface area contributed by atoms with Crippen LogP contribution in [-0.2, 0) is 0 Å². The molecule has 0 spiro atoms. The maximum Gasteiger partial charge on any atom is -0.00987 e. The Morgan fingerprint density at radius 3 is 0.583 bits per heavy atom. The average Bonchev–Trinajstić information content (AvgIpc) is 1.96. The Hall–Kier alpha value is -1.56. The Labute approximate surface area is 69.4 Å². The molecule has 0 aliphatic heterocycles. The van der Waals surface area contributed by atoms with Crippen molar-refractivity contribution < 1.29 is 0 Å². The fourth-order valence-electron chi connectivity index (χ4n) is 2.16. The van der Waals surface area contributed by atoms with Crippen molar-refractivity contribution in [2.45, 2.75) is 0 Å². The molecule has 0 unspecified atom stereocenters. The summed E-state index contributed by atoms with van der Waals surface area (Å²) in [5.74, 6) is 0. The van der Waals surface area contributed by atoms with Gasteiger partial charge in [0, 0.05) is 0 Å². The van der Waals surface area contributed by atoms with E-state index in [4.69, 9.17) is 0 Å². The van der Waals surface area contributed by atoms with E-state index in [9.17, 15) is 0 Å². The first-order valence-corrected chi connectivity index (χ1v) is 4.23. The van der Waals surface area contributed by atoms with Crippen LogP contribution in [0.15, 0.2) is 36.4 Å². The van der Waals surface area contributed by atoms with Crippen LogP contribution in [0.3, 0.4) is 0 Å². The zero-order valence-electron chi connectivity index (χ0n) is 6.46. The summed E-state index contributed by atoms with van der Waals surface area (Å²) in [5, 5.41) is 8.73. The number of hydrogen-bond acceptors (Lipinski definition) is 0. The monoisotopic (exact) mass is 150 g/mol. The highest BCUT2D eigenvalue weighted by molar-refractivity contribution is 6.30. The van der Waals surface area contributed by atoms with Gasteiger partial charge in [-0.25, -0.2) is 0 Å². The van der Waals surface area contributed by atoms with Crippen molar-refractivity contribution in [1.29, 1.82) is 0 Å². The Morgan fingerprint density at radius 2 is 0.500 bits per heavy atom. The highest BCUT2D eigenvalue weighted by Crippen LogP contribution is 2.40. The molecule has 4 aromatic rings. The van der Waals surface area contributed by atoms with Gasteiger partial charge in [0.2, 0.25) is 0 Å². The molecule has 0 radical (unpaired) electrons. The van der Waals surface area contributed by atoms with Crippen molar-refractivity contribution in [3.63, 3.8) is 0 Å². The normalized spacial score (nSPS) is 13.0. The standard InChI is InChI=1S/C12H6/c1-2-8-7(1)9-3-4-11(9)12-6-5-10(8)12/h1-6H. The van der Waals surface area contributed by atoms with Gasteiger partial charge < -0.3 is 0 Å². The second-order valence-corrected chi connectivity index (χ2v) is 3.48. The minimum atomic E-state index is 1.45. The Kier molecular flexibility index (Phi) is 0.573. The third kappa shape index (κ3) is 0.333. The van der Waals surface area contributed by atoms with Gasteiger partial charge in [-0.15, -0.1) is 0 Å². The van der Waals surface area contributed by atoms with E-state index in [2.05, 4.69) is 36.4 Å². The van der Waals surface area contributed by atoms with E-state index >= 15 is 0 Å². The lowest BCUT2D eigenvalue weighted by Gasteiger charge is -2.16. The number of benzene rings is 1. The van der Waals surface area contributed by atoms with Crippen LogP contribution in [0, 0.1) is 0 Å². The first kappa shape index (κ1) is 5.15. The zero-order chi connectivity index (χ0) is 7.71. The molecule has 0 aromatic heterocycles. The Balaban J connectivity index is 2.52. The maximum absolute atomic E-state index is 2.21. The first-order chi connectivity index (χ1) is 5.95. The largest absolute Gasteiger partial charge is 0.0531 e. The molecule has 0 heteroatoms. The molecule has 0 saturated heterocycles. The van der Waals surface area contributed by atoms with Gasteiger partial charge >= 0.3 is 0 Å². The summed E-state index contributed by atoms with van der Waals surface area (Å²) in [6.07, 6.45) is 0. The second-order valence-electron chi connectivity index (χ2n) is 3.48. The summed E-state index contributed by atoms with van der Waals surface area (Å²) in [5.41, 5.74) is 0. The van der Waals surface area contributed by atoms with Gasteiger partial charge in [-0.05, 0) is 32.3 Å². The summed E-state index contributed by atoms with van der Waals surface area (Å²) < 4.78 is 0. The van der Waals surface area contributed by atoms with E-state index in [1.807, 2.05) is 0 Å². The van der Waals surface area contributed by atoms with Gasteiger partial charge in [0.1, 0.15) is 0 Å². The van der Waals surface area contributed by atoms with Crippen LogP contribution in [0.2, 0.25) is 0 Å². The van der Waals surface area contributed by atoms with Crippen LogP contribution in [-0.4, -0.2) is 0 Å². The lowest BCUT2D eigenvalue weighted by Crippen LogP contribution is -1.88. The molecule has 0 saturated carbocycles. The molecule has 0 aliphatic rings. The topological polar surface area (TPSA) is 0 Å². The molecule has 0 heterocycles. The van der Waals surface area contributed by atoms with Crippen LogP contribution >= 0.6 is 0 Å². The summed E-state index contributed by atoms with van der Waals surface area (Å²) in [6.45, 7) is 0. The summed E-state index contributed by atoms with van der Waals surface area (Å²) >= 11 is 0. The first-order valence-electron chi connectivity index (χ1n) is 4.23. The quantitative estimate of drug-likeness (QED) is 0.360. The fourth-order valence-corrected chi connectivity index (χ4v) is 2.16. The molecular weight excluding hydrogens is 144 g/mol. The number of rotatable bonds is 0. The minimum absolute atomic E-state index is 1.45. The van der Waals surface area contributed by atoms with E-state index in [0.29, 0.717) is 0 Å². The number of fused-ring (bicyclic) bond motifs is 6. The molecule has 0 aliphatic carbocycles. The number of hydrogen-bond donors (Lipinski definition) is 0. The van der Waals surface area contributed by atoms with E-state index < -0.39 is 0 Å². The lowest BCUT2D eigenvalue weighted by atomic mass is 9.88. The predicted octanol–water partition coefficient (Wildman–Crippen LogP) is 3.46. The molecule has 0 amide bonds. The van der Waals surface area contributed by atoms with Crippen LogP contribution < -0.4 is 0 Å². The molecule has 0 bridgehead atoms. The molecule has 0 atom stereocenters. The van der Waals surface area contributed by atoms with Gasteiger partial charge in [0.05, 0.1) is 0 Å². The average molecular weight is 150 g/mol. The highest BCUT2D eigenvalue weighted by Gasteiger charge is 2.12. The van der Waals surface area contributed by atoms with Crippen molar-refractivity contribution in [1.82, 2.24) is 0 Å². The third-order valence-corrected chi connectivity index (χ3v) is 2.99. The summed E-state index contributed by atoms with van der Waals surface area (Å²) in [4.78, 5) is 0. The van der Waals surface area contributed by atoms with Crippen molar-refractivity contribution >= 4 is 32.3 Å². The smallest absolute Gasteiger partial charge is 0.00987 e. The molecule has 0 N–H and O–H groups in total. The summed E-state index contributed by atoms with van der Waals surface area (Å²) in [6, 6.07) is 13.3. The van der Waals surface area contributed by atoms with Crippen molar-refractivity contribution in [3.05, 3.63) is 36.4 Å². The molecule has 54 valence electrons. The second kappa shape index (κ2) is 1.34. The summed E-state index contributed by atoms with van der Waals surface area (Å²) in [7, 11) is 0.